The van der Waals surface area contributed by atoms with Crippen LogP contribution >= 0.6 is 0 Å². The van der Waals surface area contributed by atoms with E-state index in [-0.39, 0.29) is 5.41 Å². The monoisotopic (exact) mass is 221 g/mol. The Labute approximate surface area is 94.1 Å². The fraction of sp³-hybridized carbons (Fsp3) is 0.364. The Kier molecular flexibility index (Phi) is 5.06. The molecule has 0 aliphatic heterocycles. The number of hydrogen-bond donors (Lipinski definition) is 2. The molecule has 0 spiro atoms. The Morgan fingerprint density at radius 2 is 1.69 bits per heavy atom. The lowest BCUT2D eigenvalue weighted by molar-refractivity contribution is 0.0697. The van der Waals surface area contributed by atoms with Crippen LogP contribution in [-0.4, -0.2) is 11.1 Å². The van der Waals surface area contributed by atoms with Gasteiger partial charge in [0.15, 0.2) is 0 Å². The molecule has 1 aromatic rings. The van der Waals surface area contributed by atoms with E-state index < -0.39 is 5.97 Å². The summed E-state index contributed by atoms with van der Waals surface area (Å²) in [6, 6.07) is 7.01. The molecule has 1 rings (SSSR count). The van der Waals surface area contributed by atoms with E-state index in [0.717, 1.165) is 5.56 Å². The molecule has 0 radical (unpaired) electrons. The molecule has 0 fully saturated rings. The predicted molar refractivity (Wildman–Crippen MR) is 61.5 cm³/mol. The van der Waals surface area contributed by atoms with E-state index >= 15 is 0 Å². The van der Waals surface area contributed by atoms with Gasteiger partial charge in [-0.05, 0) is 33.6 Å². The second-order valence-electron chi connectivity index (χ2n) is 4.23. The Hall–Kier alpha value is -2.00. The predicted octanol–water partition coefficient (Wildman–Crippen LogP) is 3.56. The number of rotatable bonds is 1. The number of carboxylic acids is 1. The summed E-state index contributed by atoms with van der Waals surface area (Å²) in [5, 5.41) is 8.68. The fourth-order valence-corrected chi connectivity index (χ4v) is 1.11. The van der Waals surface area contributed by atoms with E-state index in [1.165, 1.54) is 0 Å². The Bertz CT molecular complexity index is 385. The third-order valence-electron chi connectivity index (χ3n) is 2.00. The van der Waals surface area contributed by atoms with Crippen molar-refractivity contribution in [2.24, 2.45) is 0 Å². The lowest BCUT2D eigenvalue weighted by Crippen LogP contribution is -2.11. The first-order valence-electron chi connectivity index (χ1n) is 4.67. The highest BCUT2D eigenvalue weighted by Gasteiger charge is 2.13. The second kappa shape index (κ2) is 5.78. The van der Waals surface area contributed by atoms with Crippen molar-refractivity contribution in [1.82, 2.24) is 0 Å². The zero-order valence-corrected chi connectivity index (χ0v) is 9.56. The smallest absolute Gasteiger partial charge is 0.335 e. The molecule has 0 aliphatic carbocycles. The van der Waals surface area contributed by atoms with Crippen molar-refractivity contribution < 1.29 is 9.90 Å². The minimum absolute atomic E-state index is 0.0804. The standard InChI is InChI=1S/C11H14O2.HN3/c1-11(2,3)9-6-4-8(5-7-9)10(12)13;1-3-2/h4-7H,1-3H3,(H,12,13);1H. The molecule has 0 bridgehead atoms. The van der Waals surface area contributed by atoms with Gasteiger partial charge in [0.25, 0.3) is 0 Å². The zero-order valence-electron chi connectivity index (χ0n) is 9.56. The van der Waals surface area contributed by atoms with Crippen LogP contribution in [-0.2, 0) is 5.41 Å². The topological polar surface area (TPSA) is 97.5 Å². The molecule has 5 nitrogen and oxygen atoms in total. The summed E-state index contributed by atoms with van der Waals surface area (Å²) >= 11 is 0. The van der Waals surface area contributed by atoms with Gasteiger partial charge in [-0.15, -0.1) is 5.53 Å². The maximum atomic E-state index is 10.6. The first-order chi connectivity index (χ1) is 7.32. The number of carbonyl (C=O) groups is 1. The van der Waals surface area contributed by atoms with Gasteiger partial charge in [-0.25, -0.2) is 4.79 Å². The summed E-state index contributed by atoms with van der Waals surface area (Å²) in [6.45, 7) is 6.30. The highest BCUT2D eigenvalue weighted by Crippen LogP contribution is 2.21. The quantitative estimate of drug-likeness (QED) is 0.430. The van der Waals surface area contributed by atoms with Crippen LogP contribution in [0.2, 0.25) is 0 Å². The number of nitrogens with zero attached hydrogens (tertiary/aromatic N) is 2. The molecule has 0 unspecified atom stereocenters. The van der Waals surface area contributed by atoms with Crippen LogP contribution in [0.25, 0.3) is 10.4 Å². The first-order valence-corrected chi connectivity index (χ1v) is 4.67. The summed E-state index contributed by atoms with van der Waals surface area (Å²) in [7, 11) is 0. The molecule has 86 valence electrons. The van der Waals surface area contributed by atoms with Crippen LogP contribution in [0.3, 0.4) is 0 Å². The second-order valence-corrected chi connectivity index (χ2v) is 4.23. The zero-order chi connectivity index (χ0) is 12.8. The van der Waals surface area contributed by atoms with E-state index in [2.05, 4.69) is 20.8 Å². The Morgan fingerprint density at radius 3 is 1.94 bits per heavy atom. The number of benzene rings is 1. The average molecular weight is 221 g/mol. The summed E-state index contributed by atoms with van der Waals surface area (Å²) in [6.07, 6.45) is 0. The number of aromatic carboxylic acids is 1. The van der Waals surface area contributed by atoms with Gasteiger partial charge in [-0.2, -0.15) is 0 Å². The van der Waals surface area contributed by atoms with Gasteiger partial charge in [-0.1, -0.05) is 32.9 Å². The molecule has 0 saturated heterocycles. The fourth-order valence-electron chi connectivity index (χ4n) is 1.11. The number of nitrogens with one attached hydrogen (secondary N) is 1. The Morgan fingerprint density at radius 1 is 1.31 bits per heavy atom. The Balaban J connectivity index is 0.000000673. The van der Waals surface area contributed by atoms with Crippen LogP contribution in [0.1, 0.15) is 36.7 Å². The molecule has 2 N–H and O–H groups in total. The number of carboxylic acid groups (broad SMARTS) is 1. The molecule has 1 aromatic carbocycles. The van der Waals surface area contributed by atoms with Gasteiger partial charge in [0, 0.05) is 0 Å². The lowest BCUT2D eigenvalue weighted by atomic mass is 9.87. The molecular weight excluding hydrogens is 206 g/mol. The highest BCUT2D eigenvalue weighted by atomic mass is 16.4. The molecule has 0 amide bonds. The van der Waals surface area contributed by atoms with Gasteiger partial charge >= 0.3 is 5.97 Å². The van der Waals surface area contributed by atoms with Crippen LogP contribution < -0.4 is 0 Å². The molecular formula is C11H15N3O2. The van der Waals surface area contributed by atoms with E-state index in [9.17, 15) is 4.79 Å². The minimum Gasteiger partial charge on any atom is -0.478 e. The lowest BCUT2D eigenvalue weighted by Gasteiger charge is -2.18. The SMILES string of the molecule is CC(C)(C)c1ccc(C(=O)O)cc1.[N-]=[N+]=N. The molecule has 0 aliphatic rings. The maximum absolute atomic E-state index is 10.6. The van der Waals surface area contributed by atoms with E-state index in [0.29, 0.717) is 5.56 Å². The van der Waals surface area contributed by atoms with Crippen molar-refractivity contribution >= 4 is 5.97 Å². The van der Waals surface area contributed by atoms with Gasteiger partial charge in [0.05, 0.1) is 5.56 Å². The number of hydrogen-bond acceptors (Lipinski definition) is 2. The molecule has 0 atom stereocenters. The third-order valence-corrected chi connectivity index (χ3v) is 2.00. The summed E-state index contributed by atoms with van der Waals surface area (Å²) in [5.41, 5.74) is 13.8. The van der Waals surface area contributed by atoms with Crippen molar-refractivity contribution in [1.29, 1.82) is 5.53 Å². The van der Waals surface area contributed by atoms with Crippen molar-refractivity contribution in [3.05, 3.63) is 45.8 Å². The summed E-state index contributed by atoms with van der Waals surface area (Å²) in [5.74, 6) is -0.875. The van der Waals surface area contributed by atoms with Crippen LogP contribution in [0.5, 0.6) is 0 Å². The molecule has 0 aromatic heterocycles. The van der Waals surface area contributed by atoms with Gasteiger partial charge in [0.1, 0.15) is 0 Å². The van der Waals surface area contributed by atoms with Crippen LogP contribution in [0.4, 0.5) is 0 Å². The molecule has 5 heteroatoms. The molecule has 16 heavy (non-hydrogen) atoms. The van der Waals surface area contributed by atoms with E-state index in [1.807, 2.05) is 12.1 Å². The summed E-state index contributed by atoms with van der Waals surface area (Å²) < 4.78 is 0. The third kappa shape index (κ3) is 4.48. The highest BCUT2D eigenvalue weighted by molar-refractivity contribution is 5.87. The van der Waals surface area contributed by atoms with Gasteiger partial charge in [-0.3, -0.25) is 0 Å². The molecule has 0 saturated carbocycles. The maximum Gasteiger partial charge on any atom is 0.335 e. The van der Waals surface area contributed by atoms with Crippen LogP contribution in [0, 0.1) is 5.53 Å². The molecule has 0 heterocycles. The van der Waals surface area contributed by atoms with Gasteiger partial charge in [0.2, 0.25) is 0 Å². The van der Waals surface area contributed by atoms with Crippen molar-refractivity contribution in [3.63, 3.8) is 0 Å². The van der Waals surface area contributed by atoms with Gasteiger partial charge < -0.3 is 5.11 Å². The average Bonchev–Trinajstić information content (AvgIpc) is 2.18. The largest absolute Gasteiger partial charge is 0.478 e. The van der Waals surface area contributed by atoms with Crippen LogP contribution in [0.15, 0.2) is 24.3 Å². The first kappa shape index (κ1) is 14.0. The normalized spacial score (nSPS) is 9.69. The van der Waals surface area contributed by atoms with E-state index in [1.54, 1.807) is 17.0 Å². The van der Waals surface area contributed by atoms with Crippen molar-refractivity contribution in [2.45, 2.75) is 26.2 Å². The van der Waals surface area contributed by atoms with Crippen molar-refractivity contribution in [3.8, 4) is 0 Å². The van der Waals surface area contributed by atoms with E-state index in [4.69, 9.17) is 16.2 Å². The minimum atomic E-state index is -0.875. The summed E-state index contributed by atoms with van der Waals surface area (Å²) in [4.78, 5) is 12.3. The van der Waals surface area contributed by atoms with Crippen molar-refractivity contribution in [2.75, 3.05) is 0 Å².